The van der Waals surface area contributed by atoms with Gasteiger partial charge in [-0.15, -0.1) is 0 Å². The minimum absolute atomic E-state index is 0.142. The van der Waals surface area contributed by atoms with E-state index in [1.54, 1.807) is 0 Å². The lowest BCUT2D eigenvalue weighted by Crippen LogP contribution is -2.28. The third kappa shape index (κ3) is 15.5. The van der Waals surface area contributed by atoms with Gasteiger partial charge in [-0.1, -0.05) is 344 Å². The number of benzene rings is 13. The van der Waals surface area contributed by atoms with E-state index in [1.165, 1.54) is 167 Å². The summed E-state index contributed by atoms with van der Waals surface area (Å²) >= 11 is 0. The highest BCUT2D eigenvalue weighted by Crippen LogP contribution is 2.56. The van der Waals surface area contributed by atoms with Crippen LogP contribution in [0.15, 0.2) is 291 Å². The topological polar surface area (TPSA) is 0 Å². The van der Waals surface area contributed by atoms with Gasteiger partial charge in [0.15, 0.2) is 0 Å². The highest BCUT2D eigenvalue weighted by atomic mass is 14.5. The first-order valence-electron chi connectivity index (χ1n) is 34.1. The molecule has 0 N–H and O–H groups in total. The summed E-state index contributed by atoms with van der Waals surface area (Å²) in [5, 5.41) is 0. The zero-order valence-electron chi connectivity index (χ0n) is 59.7. The first-order valence-corrected chi connectivity index (χ1v) is 34.1. The second-order valence-electron chi connectivity index (χ2n) is 27.4. The van der Waals surface area contributed by atoms with Crippen LogP contribution in [0, 0.1) is 96.9 Å². The quantitative estimate of drug-likeness (QED) is 0.161. The van der Waals surface area contributed by atoms with Gasteiger partial charge >= 0.3 is 0 Å². The molecule has 13 aromatic carbocycles. The van der Waals surface area contributed by atoms with E-state index in [9.17, 15) is 0 Å². The van der Waals surface area contributed by atoms with Crippen LogP contribution in [0.25, 0.3) is 55.6 Å². The molecule has 0 atom stereocenters. The summed E-state index contributed by atoms with van der Waals surface area (Å²) in [5.41, 5.74) is 40.5. The van der Waals surface area contributed by atoms with Crippen LogP contribution in [0.3, 0.4) is 0 Å². The molecule has 15 rings (SSSR count). The second kappa shape index (κ2) is 30.5. The minimum Gasteiger partial charge on any atom is -0.0622 e. The molecule has 0 heteroatoms. The van der Waals surface area contributed by atoms with Crippen molar-refractivity contribution in [3.63, 3.8) is 0 Å². The first-order chi connectivity index (χ1) is 46.1. The smallest absolute Gasteiger partial charge is 0.0622 e. The second-order valence-corrected chi connectivity index (χ2v) is 27.4. The fraction of sp³-hybridized carbons (Fsp3) is 0.188. The van der Waals surface area contributed by atoms with E-state index in [0.717, 1.165) is 0 Å². The lowest BCUT2D eigenvalue weighted by Gasteiger charge is -2.34. The van der Waals surface area contributed by atoms with Gasteiger partial charge in [-0.05, 0) is 225 Å². The Morgan fingerprint density at radius 3 is 0.812 bits per heavy atom. The first kappa shape index (κ1) is 68.7. The molecule has 0 radical (unpaired) electrons. The lowest BCUT2D eigenvalue weighted by atomic mass is 9.67. The van der Waals surface area contributed by atoms with Crippen molar-refractivity contribution in [2.45, 2.75) is 122 Å². The Bertz CT molecular complexity index is 4520. The van der Waals surface area contributed by atoms with E-state index in [1.807, 2.05) is 0 Å². The molecule has 0 unspecified atom stereocenters. The van der Waals surface area contributed by atoms with Crippen LogP contribution in [0.4, 0.5) is 0 Å². The highest BCUT2D eigenvalue weighted by Gasteiger charge is 2.46. The van der Waals surface area contributed by atoms with Crippen molar-refractivity contribution in [1.82, 2.24) is 0 Å². The average molecular weight is 1250 g/mol. The SMILES string of the molecule is Cc1cc(C)c(C)cc1C.Cc1ccc(-c2ccccc2C)cc1.Cc1ccc2c(c1)C(C)(C)c1cc(C)ccc1-2.Cc1ccc2c(c1)C(c1ccccc1)(c1ccccc1)c1cc(C)ccc1-2.Cc1cccc(-c2cccc(C)c2)c1.Cc1ccccc1-c1ccccc1C. The maximum absolute atomic E-state index is 2.38. The molecule has 0 aromatic heterocycles. The molecular formula is C96H96. The van der Waals surface area contributed by atoms with Crippen LogP contribution in [0.5, 0.6) is 0 Å². The van der Waals surface area contributed by atoms with Crippen LogP contribution in [0.2, 0.25) is 0 Å². The summed E-state index contributed by atoms with van der Waals surface area (Å²) in [6, 6.07) is 105. The van der Waals surface area contributed by atoms with Crippen molar-refractivity contribution >= 4 is 0 Å². The van der Waals surface area contributed by atoms with Gasteiger partial charge in [-0.3, -0.25) is 0 Å². The molecule has 2 aliphatic carbocycles. The number of fused-ring (bicyclic) bond motifs is 6. The maximum Gasteiger partial charge on any atom is 0.0713 e. The Morgan fingerprint density at radius 1 is 0.177 bits per heavy atom. The molecule has 0 saturated heterocycles. The van der Waals surface area contributed by atoms with Crippen molar-refractivity contribution < 1.29 is 0 Å². The van der Waals surface area contributed by atoms with Crippen LogP contribution >= 0.6 is 0 Å². The van der Waals surface area contributed by atoms with E-state index in [-0.39, 0.29) is 10.8 Å². The molecular weight excluding hydrogens is 1150 g/mol. The Hall–Kier alpha value is -10.1. The van der Waals surface area contributed by atoms with Crippen LogP contribution in [0.1, 0.15) is 125 Å². The third-order valence-electron chi connectivity index (χ3n) is 19.4. The monoisotopic (exact) mass is 1250 g/mol. The Kier molecular flexibility index (Phi) is 21.8. The zero-order valence-corrected chi connectivity index (χ0v) is 59.7. The van der Waals surface area contributed by atoms with Crippen LogP contribution in [-0.2, 0) is 10.8 Å². The molecule has 0 amide bonds. The molecule has 2 aliphatic rings. The summed E-state index contributed by atoms with van der Waals surface area (Å²) in [7, 11) is 0. The summed E-state index contributed by atoms with van der Waals surface area (Å²) in [6.07, 6.45) is 0. The predicted octanol–water partition coefficient (Wildman–Crippen LogP) is 26.1. The summed E-state index contributed by atoms with van der Waals surface area (Å²) < 4.78 is 0. The largest absolute Gasteiger partial charge is 0.0713 e. The standard InChI is InChI=1S/C27H22.C17H18.3C14H14.C10H14/c1-19-13-15-23-24-16-14-20(2)18-26(24)27(25(23)17-19,21-9-5-3-6-10-21)22-11-7-4-8-12-22;1-11-5-7-13-14-8-6-12(2)10-16(14)17(3,4)15(13)9-11;1-11-5-3-7-13(9-11)14-8-4-6-12(2)10-14;1-11-7-3-5-9-13(11)14-10-6-4-8-12(14)2;1-11-7-9-13(10-8-11)14-6-4-3-5-12(14)2;1-7-5-9(3)10(4)6-8(7)2/h3-18H,1-2H3;5-10H,1-4H3;3*3-10H,1-2H3;5-6H,1-4H3. The van der Waals surface area contributed by atoms with E-state index in [4.69, 9.17) is 0 Å². The van der Waals surface area contributed by atoms with Gasteiger partial charge in [0.1, 0.15) is 0 Å². The number of hydrogen-bond acceptors (Lipinski definition) is 0. The van der Waals surface area contributed by atoms with E-state index in [2.05, 4.69) is 402 Å². The van der Waals surface area contributed by atoms with Gasteiger partial charge in [0.25, 0.3) is 0 Å². The Morgan fingerprint density at radius 2 is 0.469 bits per heavy atom. The van der Waals surface area contributed by atoms with Gasteiger partial charge < -0.3 is 0 Å². The normalized spacial score (nSPS) is 12.1. The molecule has 0 bridgehead atoms. The summed E-state index contributed by atoms with van der Waals surface area (Å²) in [5.74, 6) is 0. The molecule has 0 heterocycles. The Labute approximate surface area is 576 Å². The van der Waals surface area contributed by atoms with Crippen molar-refractivity contribution in [3.8, 4) is 55.6 Å². The van der Waals surface area contributed by atoms with Gasteiger partial charge in [-0.2, -0.15) is 0 Å². The minimum atomic E-state index is -0.273. The van der Waals surface area contributed by atoms with Gasteiger partial charge in [-0.25, -0.2) is 0 Å². The molecule has 0 fully saturated rings. The van der Waals surface area contributed by atoms with Crippen molar-refractivity contribution in [3.05, 3.63) is 402 Å². The number of aryl methyl sites for hydroxylation is 14. The van der Waals surface area contributed by atoms with Crippen molar-refractivity contribution in [1.29, 1.82) is 0 Å². The molecule has 480 valence electrons. The molecule has 0 nitrogen and oxygen atoms in total. The lowest BCUT2D eigenvalue weighted by molar-refractivity contribution is 0.659. The van der Waals surface area contributed by atoms with Crippen molar-refractivity contribution in [2.24, 2.45) is 0 Å². The third-order valence-corrected chi connectivity index (χ3v) is 19.4. The molecule has 0 aliphatic heterocycles. The maximum atomic E-state index is 2.38. The fourth-order valence-corrected chi connectivity index (χ4v) is 13.8. The number of rotatable bonds is 5. The van der Waals surface area contributed by atoms with Gasteiger partial charge in [0.2, 0.25) is 0 Å². The van der Waals surface area contributed by atoms with E-state index >= 15 is 0 Å². The predicted molar refractivity (Wildman–Crippen MR) is 416 cm³/mol. The Balaban J connectivity index is 0.000000129. The highest BCUT2D eigenvalue weighted by molar-refractivity contribution is 5.87. The molecule has 96 heavy (non-hydrogen) atoms. The van der Waals surface area contributed by atoms with E-state index in [0.29, 0.717) is 0 Å². The molecule has 0 spiro atoms. The molecule has 13 aromatic rings. The van der Waals surface area contributed by atoms with Crippen LogP contribution in [-0.4, -0.2) is 0 Å². The zero-order chi connectivity index (χ0) is 68.3. The summed E-state index contributed by atoms with van der Waals surface area (Å²) in [6.45, 7) is 34.8. The number of hydrogen-bond donors (Lipinski definition) is 0. The van der Waals surface area contributed by atoms with Gasteiger partial charge in [0.05, 0.1) is 5.41 Å². The average Bonchev–Trinajstić information content (AvgIpc) is 1.53. The molecule has 0 saturated carbocycles. The van der Waals surface area contributed by atoms with Crippen molar-refractivity contribution in [2.75, 3.05) is 0 Å². The van der Waals surface area contributed by atoms with E-state index < -0.39 is 0 Å². The summed E-state index contributed by atoms with van der Waals surface area (Å²) in [4.78, 5) is 0. The fourth-order valence-electron chi connectivity index (χ4n) is 13.8. The van der Waals surface area contributed by atoms with Gasteiger partial charge in [0, 0.05) is 5.41 Å². The van der Waals surface area contributed by atoms with Crippen LogP contribution < -0.4 is 0 Å².